The van der Waals surface area contributed by atoms with E-state index in [1.807, 2.05) is 0 Å². The molecule has 0 aromatic heterocycles. The lowest BCUT2D eigenvalue weighted by molar-refractivity contribution is 0.0328. The van der Waals surface area contributed by atoms with E-state index < -0.39 is 6.17 Å². The number of rotatable bonds is 6. The van der Waals surface area contributed by atoms with Gasteiger partial charge in [0.25, 0.3) is 0 Å². The second kappa shape index (κ2) is 9.75. The Morgan fingerprint density at radius 2 is 1.28 bits per heavy atom. The maximum Gasteiger partial charge on any atom is 0.103 e. The Balaban J connectivity index is 1.41. The Morgan fingerprint density at radius 1 is 0.680 bits per heavy atom. The average molecular weight is 351 g/mol. The van der Waals surface area contributed by atoms with E-state index in [0.717, 1.165) is 24.2 Å². The summed E-state index contributed by atoms with van der Waals surface area (Å²) in [7, 11) is 0. The third-order valence-corrected chi connectivity index (χ3v) is 8.46. The fourth-order valence-corrected chi connectivity index (χ4v) is 6.59. The van der Waals surface area contributed by atoms with E-state index in [-0.39, 0.29) is 0 Å². The molecule has 0 aromatic rings. The predicted molar refractivity (Wildman–Crippen MR) is 106 cm³/mol. The molecule has 0 bridgehead atoms. The molecule has 0 saturated heterocycles. The SMILES string of the molecule is CCCCC1CCC(C2CCC(C3CCC(CC)CC3)C(F)C2)CC1. The summed E-state index contributed by atoms with van der Waals surface area (Å²) in [6.07, 6.45) is 19.5. The van der Waals surface area contributed by atoms with Crippen molar-refractivity contribution in [1.29, 1.82) is 0 Å². The van der Waals surface area contributed by atoms with Crippen LogP contribution in [0.15, 0.2) is 0 Å². The fraction of sp³-hybridized carbons (Fsp3) is 1.00. The van der Waals surface area contributed by atoms with Crippen LogP contribution in [-0.4, -0.2) is 6.17 Å². The van der Waals surface area contributed by atoms with Crippen molar-refractivity contribution in [2.45, 2.75) is 116 Å². The molecule has 3 aliphatic carbocycles. The third kappa shape index (κ3) is 5.23. The highest BCUT2D eigenvalue weighted by Gasteiger charge is 2.39. The maximum absolute atomic E-state index is 15.1. The molecule has 3 saturated carbocycles. The van der Waals surface area contributed by atoms with Crippen molar-refractivity contribution < 1.29 is 4.39 Å². The summed E-state index contributed by atoms with van der Waals surface area (Å²) in [4.78, 5) is 0. The maximum atomic E-state index is 15.1. The van der Waals surface area contributed by atoms with Gasteiger partial charge in [0.05, 0.1) is 0 Å². The van der Waals surface area contributed by atoms with Crippen molar-refractivity contribution in [2.75, 3.05) is 0 Å². The molecule has 3 unspecified atom stereocenters. The minimum Gasteiger partial charge on any atom is -0.247 e. The van der Waals surface area contributed by atoms with Crippen molar-refractivity contribution in [3.05, 3.63) is 0 Å². The lowest BCUT2D eigenvalue weighted by Gasteiger charge is -2.43. The van der Waals surface area contributed by atoms with E-state index in [9.17, 15) is 0 Å². The largest absolute Gasteiger partial charge is 0.247 e. The molecule has 0 heterocycles. The Kier molecular flexibility index (Phi) is 7.67. The summed E-state index contributed by atoms with van der Waals surface area (Å²) in [5.41, 5.74) is 0. The number of alkyl halides is 1. The first-order chi connectivity index (χ1) is 12.2. The van der Waals surface area contributed by atoms with Crippen LogP contribution in [0.1, 0.15) is 110 Å². The van der Waals surface area contributed by atoms with Crippen LogP contribution in [0.3, 0.4) is 0 Å². The highest BCUT2D eigenvalue weighted by Crippen LogP contribution is 2.47. The standard InChI is InChI=1S/C24H43F/c1-3-5-6-19-9-11-20(12-10-19)22-15-16-23(24(25)17-22)21-13-7-18(4-2)8-14-21/h18-24H,3-17H2,1-2H3. The normalized spacial score (nSPS) is 43.1. The van der Waals surface area contributed by atoms with Gasteiger partial charge >= 0.3 is 0 Å². The molecule has 0 N–H and O–H groups in total. The molecule has 0 spiro atoms. The van der Waals surface area contributed by atoms with Crippen LogP contribution in [0.25, 0.3) is 0 Å². The smallest absolute Gasteiger partial charge is 0.103 e. The van der Waals surface area contributed by atoms with Gasteiger partial charge in [-0.3, -0.25) is 0 Å². The fourth-order valence-electron chi connectivity index (χ4n) is 6.59. The highest BCUT2D eigenvalue weighted by atomic mass is 19.1. The zero-order valence-electron chi connectivity index (χ0n) is 17.0. The van der Waals surface area contributed by atoms with Crippen LogP contribution in [0.2, 0.25) is 0 Å². The number of halogens is 1. The molecule has 0 nitrogen and oxygen atoms in total. The topological polar surface area (TPSA) is 0 Å². The second-order valence-corrected chi connectivity index (χ2v) is 9.87. The molecule has 3 aliphatic rings. The molecule has 0 radical (unpaired) electrons. The van der Waals surface area contributed by atoms with E-state index in [4.69, 9.17) is 0 Å². The van der Waals surface area contributed by atoms with Crippen LogP contribution in [0, 0.1) is 35.5 Å². The van der Waals surface area contributed by atoms with Crippen molar-refractivity contribution in [3.63, 3.8) is 0 Å². The van der Waals surface area contributed by atoms with E-state index in [1.54, 1.807) is 0 Å². The van der Waals surface area contributed by atoms with Gasteiger partial charge in [0.1, 0.15) is 6.17 Å². The first kappa shape index (κ1) is 19.7. The molecular formula is C24H43F. The van der Waals surface area contributed by atoms with E-state index in [0.29, 0.717) is 17.8 Å². The molecule has 3 rings (SSSR count). The van der Waals surface area contributed by atoms with Gasteiger partial charge in [0.15, 0.2) is 0 Å². The monoisotopic (exact) mass is 350 g/mol. The minimum atomic E-state index is -0.486. The molecule has 25 heavy (non-hydrogen) atoms. The Bertz CT molecular complexity index is 362. The molecule has 1 heteroatoms. The van der Waals surface area contributed by atoms with E-state index in [1.165, 1.54) is 89.9 Å². The molecule has 0 aromatic carbocycles. The van der Waals surface area contributed by atoms with Crippen LogP contribution in [0.4, 0.5) is 4.39 Å². The van der Waals surface area contributed by atoms with Gasteiger partial charge in [-0.05, 0) is 80.5 Å². The van der Waals surface area contributed by atoms with Gasteiger partial charge in [-0.1, -0.05) is 65.2 Å². The average Bonchev–Trinajstić information content (AvgIpc) is 2.67. The van der Waals surface area contributed by atoms with Crippen molar-refractivity contribution in [2.24, 2.45) is 35.5 Å². The lowest BCUT2D eigenvalue weighted by Crippen LogP contribution is -2.36. The molecule has 3 atom stereocenters. The van der Waals surface area contributed by atoms with Gasteiger partial charge < -0.3 is 0 Å². The Morgan fingerprint density at radius 3 is 1.88 bits per heavy atom. The van der Waals surface area contributed by atoms with Crippen molar-refractivity contribution in [1.82, 2.24) is 0 Å². The second-order valence-electron chi connectivity index (χ2n) is 9.87. The Labute approximate surface area is 156 Å². The molecule has 3 fully saturated rings. The zero-order chi connectivity index (χ0) is 17.6. The third-order valence-electron chi connectivity index (χ3n) is 8.46. The number of hydrogen-bond acceptors (Lipinski definition) is 0. The quantitative estimate of drug-likeness (QED) is 0.456. The Hall–Kier alpha value is -0.0700. The predicted octanol–water partition coefficient (Wildman–Crippen LogP) is 7.95. The molecule has 146 valence electrons. The van der Waals surface area contributed by atoms with Crippen LogP contribution in [0.5, 0.6) is 0 Å². The lowest BCUT2D eigenvalue weighted by atomic mass is 9.64. The first-order valence-corrected chi connectivity index (χ1v) is 11.8. The van der Waals surface area contributed by atoms with E-state index in [2.05, 4.69) is 13.8 Å². The molecular weight excluding hydrogens is 307 g/mol. The summed E-state index contributed by atoms with van der Waals surface area (Å²) < 4.78 is 15.1. The van der Waals surface area contributed by atoms with Crippen molar-refractivity contribution in [3.8, 4) is 0 Å². The summed E-state index contributed by atoms with van der Waals surface area (Å²) in [5.74, 6) is 4.62. The molecule has 0 amide bonds. The highest BCUT2D eigenvalue weighted by molar-refractivity contribution is 4.90. The first-order valence-electron chi connectivity index (χ1n) is 11.8. The zero-order valence-corrected chi connectivity index (χ0v) is 17.0. The minimum absolute atomic E-state index is 0.412. The summed E-state index contributed by atoms with van der Waals surface area (Å²) in [6, 6.07) is 0. The van der Waals surface area contributed by atoms with Crippen LogP contribution in [-0.2, 0) is 0 Å². The van der Waals surface area contributed by atoms with Gasteiger partial charge in [0, 0.05) is 0 Å². The van der Waals surface area contributed by atoms with Gasteiger partial charge in [-0.2, -0.15) is 0 Å². The number of unbranched alkanes of at least 4 members (excludes halogenated alkanes) is 1. The van der Waals surface area contributed by atoms with Gasteiger partial charge in [0.2, 0.25) is 0 Å². The summed E-state index contributed by atoms with van der Waals surface area (Å²) >= 11 is 0. The number of hydrogen-bond donors (Lipinski definition) is 0. The van der Waals surface area contributed by atoms with Crippen LogP contribution >= 0.6 is 0 Å². The van der Waals surface area contributed by atoms with Crippen LogP contribution < -0.4 is 0 Å². The van der Waals surface area contributed by atoms with Gasteiger partial charge in [-0.15, -0.1) is 0 Å². The summed E-state index contributed by atoms with van der Waals surface area (Å²) in [6.45, 7) is 4.63. The van der Waals surface area contributed by atoms with E-state index >= 15 is 4.39 Å². The molecule has 0 aliphatic heterocycles. The van der Waals surface area contributed by atoms with Gasteiger partial charge in [-0.25, -0.2) is 4.39 Å². The van der Waals surface area contributed by atoms with Crippen molar-refractivity contribution >= 4 is 0 Å². The summed E-state index contributed by atoms with van der Waals surface area (Å²) in [5, 5.41) is 0.